The molecule has 0 spiro atoms. The summed E-state index contributed by atoms with van der Waals surface area (Å²) < 4.78 is 0. The first kappa shape index (κ1) is 10.2. The van der Waals surface area contributed by atoms with Crippen LogP contribution in [0.2, 0.25) is 0 Å². The van der Waals surface area contributed by atoms with E-state index in [9.17, 15) is 5.11 Å². The van der Waals surface area contributed by atoms with Crippen molar-refractivity contribution in [1.29, 1.82) is 0 Å². The highest BCUT2D eigenvalue weighted by molar-refractivity contribution is 5.27. The van der Waals surface area contributed by atoms with E-state index in [1.807, 2.05) is 24.3 Å². The Morgan fingerprint density at radius 1 is 1.38 bits per heavy atom. The molecule has 2 heteroatoms. The van der Waals surface area contributed by atoms with Gasteiger partial charge in [-0.2, -0.15) is 0 Å². The molecule has 0 unspecified atom stereocenters. The average molecular weight is 179 g/mol. The van der Waals surface area contributed by atoms with Gasteiger partial charge in [0.2, 0.25) is 0 Å². The molecule has 2 nitrogen and oxygen atoms in total. The Hall–Kier alpha value is -0.860. The first-order valence-electron chi connectivity index (χ1n) is 4.56. The Morgan fingerprint density at radius 2 is 2.08 bits per heavy atom. The summed E-state index contributed by atoms with van der Waals surface area (Å²) in [4.78, 5) is 0. The number of benzene rings is 1. The Labute approximate surface area is 79.4 Å². The maximum absolute atomic E-state index is 9.75. The quantitative estimate of drug-likeness (QED) is 0.737. The summed E-state index contributed by atoms with van der Waals surface area (Å²) in [5, 5.41) is 9.75. The second-order valence-corrected chi connectivity index (χ2v) is 3.80. The van der Waals surface area contributed by atoms with Crippen molar-refractivity contribution in [2.45, 2.75) is 25.9 Å². The third-order valence-corrected chi connectivity index (χ3v) is 2.07. The number of aliphatic hydroxyl groups is 1. The molecule has 3 N–H and O–H groups in total. The molecule has 0 saturated heterocycles. The molecule has 13 heavy (non-hydrogen) atoms. The number of hydrogen-bond donors (Lipinski definition) is 2. The summed E-state index contributed by atoms with van der Waals surface area (Å²) in [6.07, 6.45) is 0.865. The van der Waals surface area contributed by atoms with Crippen LogP contribution in [0.5, 0.6) is 0 Å². The molecule has 72 valence electrons. The Kier molecular flexibility index (Phi) is 3.07. The minimum Gasteiger partial charge on any atom is -0.386 e. The lowest BCUT2D eigenvalue weighted by molar-refractivity contribution is 0.0785. The predicted molar refractivity (Wildman–Crippen MR) is 54.4 cm³/mol. The lowest BCUT2D eigenvalue weighted by atomic mass is 9.96. The normalized spacial score (nSPS) is 11.7. The van der Waals surface area contributed by atoms with E-state index in [-0.39, 0.29) is 0 Å². The lowest BCUT2D eigenvalue weighted by Crippen LogP contribution is -2.15. The second kappa shape index (κ2) is 3.90. The Morgan fingerprint density at radius 3 is 2.62 bits per heavy atom. The highest BCUT2D eigenvalue weighted by atomic mass is 16.3. The molecule has 1 rings (SSSR count). The molecular formula is C11H17NO. The smallest absolute Gasteiger partial charge is 0.0840 e. The van der Waals surface area contributed by atoms with Crippen LogP contribution in [0, 0.1) is 0 Å². The molecule has 0 saturated carbocycles. The van der Waals surface area contributed by atoms with Crippen LogP contribution in [-0.2, 0) is 12.0 Å². The first-order chi connectivity index (χ1) is 6.04. The van der Waals surface area contributed by atoms with Gasteiger partial charge in [0.1, 0.15) is 0 Å². The second-order valence-electron chi connectivity index (χ2n) is 3.80. The van der Waals surface area contributed by atoms with Crippen molar-refractivity contribution < 1.29 is 5.11 Å². The van der Waals surface area contributed by atoms with E-state index in [0.29, 0.717) is 6.54 Å². The van der Waals surface area contributed by atoms with Gasteiger partial charge < -0.3 is 10.8 Å². The van der Waals surface area contributed by atoms with Crippen molar-refractivity contribution in [3.05, 3.63) is 35.4 Å². The number of rotatable bonds is 3. The van der Waals surface area contributed by atoms with E-state index in [2.05, 4.69) is 0 Å². The zero-order valence-corrected chi connectivity index (χ0v) is 8.25. The Bertz CT molecular complexity index is 276. The maximum atomic E-state index is 9.75. The fourth-order valence-electron chi connectivity index (χ4n) is 1.27. The molecular weight excluding hydrogens is 162 g/mol. The molecule has 0 aliphatic rings. The van der Waals surface area contributed by atoms with E-state index in [1.165, 1.54) is 5.56 Å². The molecule has 0 aliphatic carbocycles. The minimum absolute atomic E-state index is 0.648. The summed E-state index contributed by atoms with van der Waals surface area (Å²) in [5.74, 6) is 0. The van der Waals surface area contributed by atoms with Crippen molar-refractivity contribution >= 4 is 0 Å². The summed E-state index contributed by atoms with van der Waals surface area (Å²) >= 11 is 0. The summed E-state index contributed by atoms with van der Waals surface area (Å²) in [6, 6.07) is 7.92. The molecule has 0 aliphatic heterocycles. The van der Waals surface area contributed by atoms with Gasteiger partial charge in [0.15, 0.2) is 0 Å². The fourth-order valence-corrected chi connectivity index (χ4v) is 1.27. The van der Waals surface area contributed by atoms with Crippen molar-refractivity contribution in [1.82, 2.24) is 0 Å². The zero-order valence-electron chi connectivity index (χ0n) is 8.25. The van der Waals surface area contributed by atoms with Crippen LogP contribution in [-0.4, -0.2) is 11.7 Å². The molecule has 0 heterocycles. The molecule has 0 radical (unpaired) electrons. The van der Waals surface area contributed by atoms with E-state index in [4.69, 9.17) is 5.73 Å². The topological polar surface area (TPSA) is 46.2 Å². The predicted octanol–water partition coefficient (Wildman–Crippen LogP) is 1.42. The highest BCUT2D eigenvalue weighted by Crippen LogP contribution is 2.20. The van der Waals surface area contributed by atoms with Crippen LogP contribution in [0.3, 0.4) is 0 Å². The summed E-state index contributed by atoms with van der Waals surface area (Å²) in [6.45, 7) is 4.22. The standard InChI is InChI=1S/C11H17NO/c1-11(2,13)10-5-3-4-9(8-10)6-7-12/h3-5,8,13H,6-7,12H2,1-2H3. The van der Waals surface area contributed by atoms with Gasteiger partial charge >= 0.3 is 0 Å². The van der Waals surface area contributed by atoms with Gasteiger partial charge in [0, 0.05) is 0 Å². The van der Waals surface area contributed by atoms with E-state index in [0.717, 1.165) is 12.0 Å². The van der Waals surface area contributed by atoms with Crippen LogP contribution >= 0.6 is 0 Å². The van der Waals surface area contributed by atoms with Crippen molar-refractivity contribution in [2.75, 3.05) is 6.54 Å². The van der Waals surface area contributed by atoms with Gasteiger partial charge in [-0.25, -0.2) is 0 Å². The van der Waals surface area contributed by atoms with E-state index in [1.54, 1.807) is 13.8 Å². The molecule has 0 fully saturated rings. The number of hydrogen-bond acceptors (Lipinski definition) is 2. The van der Waals surface area contributed by atoms with Crippen LogP contribution in [0.1, 0.15) is 25.0 Å². The molecule has 1 aromatic carbocycles. The Balaban J connectivity index is 2.92. The van der Waals surface area contributed by atoms with Crippen LogP contribution in [0.15, 0.2) is 24.3 Å². The van der Waals surface area contributed by atoms with Gasteiger partial charge in [-0.15, -0.1) is 0 Å². The zero-order chi connectivity index (χ0) is 9.90. The third kappa shape index (κ3) is 2.83. The molecule has 0 amide bonds. The van der Waals surface area contributed by atoms with Gasteiger partial charge in [0.25, 0.3) is 0 Å². The van der Waals surface area contributed by atoms with Gasteiger partial charge in [-0.1, -0.05) is 24.3 Å². The van der Waals surface area contributed by atoms with Crippen LogP contribution in [0.25, 0.3) is 0 Å². The van der Waals surface area contributed by atoms with Gasteiger partial charge in [-0.3, -0.25) is 0 Å². The van der Waals surface area contributed by atoms with Crippen LogP contribution < -0.4 is 5.73 Å². The number of nitrogens with two attached hydrogens (primary N) is 1. The third-order valence-electron chi connectivity index (χ3n) is 2.07. The fraction of sp³-hybridized carbons (Fsp3) is 0.455. The van der Waals surface area contributed by atoms with Crippen molar-refractivity contribution in [2.24, 2.45) is 5.73 Å². The maximum Gasteiger partial charge on any atom is 0.0840 e. The van der Waals surface area contributed by atoms with Crippen LogP contribution in [0.4, 0.5) is 0 Å². The van der Waals surface area contributed by atoms with E-state index >= 15 is 0 Å². The van der Waals surface area contributed by atoms with Gasteiger partial charge in [-0.05, 0) is 37.9 Å². The molecule has 0 aromatic heterocycles. The SMILES string of the molecule is CC(C)(O)c1cccc(CCN)c1. The summed E-state index contributed by atoms with van der Waals surface area (Å²) in [5.41, 5.74) is 6.82. The monoisotopic (exact) mass is 179 g/mol. The van der Waals surface area contributed by atoms with Gasteiger partial charge in [0.05, 0.1) is 5.60 Å². The van der Waals surface area contributed by atoms with Crippen molar-refractivity contribution in [3.8, 4) is 0 Å². The molecule has 0 bridgehead atoms. The van der Waals surface area contributed by atoms with Crippen molar-refractivity contribution in [3.63, 3.8) is 0 Å². The minimum atomic E-state index is -0.759. The average Bonchev–Trinajstić information content (AvgIpc) is 2.04. The highest BCUT2D eigenvalue weighted by Gasteiger charge is 2.15. The molecule has 0 atom stereocenters. The largest absolute Gasteiger partial charge is 0.386 e. The molecule has 1 aromatic rings. The first-order valence-corrected chi connectivity index (χ1v) is 4.56. The lowest BCUT2D eigenvalue weighted by Gasteiger charge is -2.18. The summed E-state index contributed by atoms with van der Waals surface area (Å²) in [7, 11) is 0. The van der Waals surface area contributed by atoms with E-state index < -0.39 is 5.60 Å².